The Labute approximate surface area is 133 Å². The average molecular weight is 318 g/mol. The van der Waals surface area contributed by atoms with Gasteiger partial charge in [-0.25, -0.2) is 9.78 Å². The summed E-state index contributed by atoms with van der Waals surface area (Å²) < 4.78 is 0. The Morgan fingerprint density at radius 3 is 2.55 bits per heavy atom. The highest BCUT2D eigenvalue weighted by atomic mass is 32.1. The van der Waals surface area contributed by atoms with Crippen molar-refractivity contribution in [2.45, 2.75) is 20.0 Å². The van der Waals surface area contributed by atoms with E-state index in [1.807, 2.05) is 12.3 Å². The molecule has 3 amide bonds. The smallest absolute Gasteiger partial charge is 0.317 e. The van der Waals surface area contributed by atoms with Gasteiger partial charge in [0.25, 0.3) is 0 Å². The fraction of sp³-hybridized carbons (Fsp3) is 0.267. The van der Waals surface area contributed by atoms with Gasteiger partial charge in [-0.1, -0.05) is 12.1 Å². The fourth-order valence-corrected chi connectivity index (χ4v) is 2.60. The third kappa shape index (κ3) is 4.29. The van der Waals surface area contributed by atoms with Gasteiger partial charge in [-0.15, -0.1) is 11.3 Å². The molecule has 1 aromatic carbocycles. The van der Waals surface area contributed by atoms with Crippen LogP contribution in [0.5, 0.6) is 0 Å². The van der Waals surface area contributed by atoms with Crippen LogP contribution in [-0.2, 0) is 13.1 Å². The molecule has 1 heterocycles. The largest absolute Gasteiger partial charge is 0.366 e. The van der Waals surface area contributed by atoms with E-state index in [4.69, 9.17) is 5.73 Å². The molecule has 6 nitrogen and oxygen atoms in total. The van der Waals surface area contributed by atoms with Crippen LogP contribution in [0.25, 0.3) is 0 Å². The summed E-state index contributed by atoms with van der Waals surface area (Å²) in [6.07, 6.45) is 0. The standard InChI is InChI=1S/C15H18N4O2S/c1-10-9-22-13(18-10)7-17-15(21)19(2)8-11-3-5-12(6-4-11)14(16)20/h3-6,9H,7-8H2,1-2H3,(H2,16,20)(H,17,21). The van der Waals surface area contributed by atoms with E-state index in [0.29, 0.717) is 18.7 Å². The molecule has 3 N–H and O–H groups in total. The molecule has 0 saturated carbocycles. The first-order valence-electron chi connectivity index (χ1n) is 6.74. The summed E-state index contributed by atoms with van der Waals surface area (Å²) in [6.45, 7) is 2.79. The zero-order valence-corrected chi connectivity index (χ0v) is 13.3. The van der Waals surface area contributed by atoms with Crippen LogP contribution in [0.15, 0.2) is 29.6 Å². The quantitative estimate of drug-likeness (QED) is 0.882. The fourth-order valence-electron chi connectivity index (χ4n) is 1.89. The van der Waals surface area contributed by atoms with Gasteiger partial charge in [0, 0.05) is 30.2 Å². The molecule has 7 heteroatoms. The minimum Gasteiger partial charge on any atom is -0.366 e. The number of amides is 3. The van der Waals surface area contributed by atoms with Crippen molar-refractivity contribution in [3.05, 3.63) is 51.5 Å². The Morgan fingerprint density at radius 2 is 2.00 bits per heavy atom. The number of urea groups is 1. The summed E-state index contributed by atoms with van der Waals surface area (Å²) in [5.74, 6) is -0.462. The molecule has 1 aromatic heterocycles. The van der Waals surface area contributed by atoms with Crippen molar-refractivity contribution < 1.29 is 9.59 Å². The van der Waals surface area contributed by atoms with Crippen molar-refractivity contribution in [1.82, 2.24) is 15.2 Å². The van der Waals surface area contributed by atoms with E-state index in [2.05, 4.69) is 10.3 Å². The van der Waals surface area contributed by atoms with Crippen LogP contribution in [0.3, 0.4) is 0 Å². The number of benzene rings is 1. The lowest BCUT2D eigenvalue weighted by atomic mass is 10.1. The summed E-state index contributed by atoms with van der Waals surface area (Å²) in [5, 5.41) is 5.65. The second kappa shape index (κ2) is 7.04. The van der Waals surface area contributed by atoms with Crippen molar-refractivity contribution in [2.75, 3.05) is 7.05 Å². The minimum atomic E-state index is -0.462. The molecular formula is C15H18N4O2S. The van der Waals surface area contributed by atoms with Gasteiger partial charge in [-0.2, -0.15) is 0 Å². The van der Waals surface area contributed by atoms with Gasteiger partial charge < -0.3 is 16.0 Å². The molecule has 0 aliphatic rings. The Kier molecular flexibility index (Phi) is 5.11. The summed E-state index contributed by atoms with van der Waals surface area (Å²) in [5.41, 5.74) is 7.52. The maximum atomic E-state index is 12.0. The number of aryl methyl sites for hydroxylation is 1. The highest BCUT2D eigenvalue weighted by Crippen LogP contribution is 2.09. The summed E-state index contributed by atoms with van der Waals surface area (Å²) >= 11 is 1.52. The number of carbonyl (C=O) groups excluding carboxylic acids is 2. The first-order valence-corrected chi connectivity index (χ1v) is 7.62. The van der Waals surface area contributed by atoms with E-state index < -0.39 is 5.91 Å². The zero-order chi connectivity index (χ0) is 16.1. The van der Waals surface area contributed by atoms with Crippen molar-refractivity contribution in [1.29, 1.82) is 0 Å². The Bertz CT molecular complexity index is 666. The maximum Gasteiger partial charge on any atom is 0.317 e. The molecular weight excluding hydrogens is 300 g/mol. The first kappa shape index (κ1) is 16.0. The molecule has 0 aliphatic carbocycles. The number of carbonyl (C=O) groups is 2. The van der Waals surface area contributed by atoms with E-state index in [-0.39, 0.29) is 6.03 Å². The number of aromatic nitrogens is 1. The molecule has 0 fully saturated rings. The predicted molar refractivity (Wildman–Crippen MR) is 85.5 cm³/mol. The van der Waals surface area contributed by atoms with Crippen molar-refractivity contribution in [3.63, 3.8) is 0 Å². The number of hydrogen-bond acceptors (Lipinski definition) is 4. The van der Waals surface area contributed by atoms with Gasteiger partial charge in [0.05, 0.1) is 6.54 Å². The van der Waals surface area contributed by atoms with E-state index in [9.17, 15) is 9.59 Å². The zero-order valence-electron chi connectivity index (χ0n) is 12.5. The van der Waals surface area contributed by atoms with Crippen LogP contribution in [0, 0.1) is 6.92 Å². The highest BCUT2D eigenvalue weighted by molar-refractivity contribution is 7.09. The van der Waals surface area contributed by atoms with Crippen LogP contribution < -0.4 is 11.1 Å². The third-order valence-corrected chi connectivity index (χ3v) is 4.03. The van der Waals surface area contributed by atoms with Gasteiger partial charge in [0.2, 0.25) is 5.91 Å². The molecule has 0 bridgehead atoms. The molecule has 0 radical (unpaired) electrons. The number of hydrogen-bond donors (Lipinski definition) is 2. The van der Waals surface area contributed by atoms with E-state index >= 15 is 0 Å². The van der Waals surface area contributed by atoms with Gasteiger partial charge in [-0.05, 0) is 24.6 Å². The van der Waals surface area contributed by atoms with Gasteiger partial charge in [0.15, 0.2) is 0 Å². The monoisotopic (exact) mass is 318 g/mol. The second-order valence-electron chi connectivity index (χ2n) is 4.96. The topological polar surface area (TPSA) is 88.3 Å². The first-order chi connectivity index (χ1) is 10.5. The summed E-state index contributed by atoms with van der Waals surface area (Å²) in [7, 11) is 1.71. The summed E-state index contributed by atoms with van der Waals surface area (Å²) in [4.78, 5) is 28.9. The third-order valence-electron chi connectivity index (χ3n) is 3.06. The van der Waals surface area contributed by atoms with Crippen LogP contribution in [0.1, 0.15) is 26.6 Å². The summed E-state index contributed by atoms with van der Waals surface area (Å²) in [6, 6.07) is 6.71. The SMILES string of the molecule is Cc1csc(CNC(=O)N(C)Cc2ccc(C(N)=O)cc2)n1. The lowest BCUT2D eigenvalue weighted by Gasteiger charge is -2.17. The van der Waals surface area contributed by atoms with Gasteiger partial charge in [-0.3, -0.25) is 4.79 Å². The number of thiazole rings is 1. The number of nitrogens with one attached hydrogen (secondary N) is 1. The van der Waals surface area contributed by atoms with Crippen LogP contribution >= 0.6 is 11.3 Å². The molecule has 2 aromatic rings. The highest BCUT2D eigenvalue weighted by Gasteiger charge is 2.10. The Balaban J connectivity index is 1.86. The van der Waals surface area contributed by atoms with E-state index in [1.165, 1.54) is 11.3 Å². The lowest BCUT2D eigenvalue weighted by molar-refractivity contribution is 0.1000. The maximum absolute atomic E-state index is 12.0. The molecule has 0 atom stereocenters. The van der Waals surface area contributed by atoms with Crippen molar-refractivity contribution in [2.24, 2.45) is 5.73 Å². The van der Waals surface area contributed by atoms with Crippen LogP contribution in [0.4, 0.5) is 4.79 Å². The molecule has 22 heavy (non-hydrogen) atoms. The van der Waals surface area contributed by atoms with Crippen molar-refractivity contribution in [3.8, 4) is 0 Å². The van der Waals surface area contributed by atoms with Gasteiger partial charge >= 0.3 is 6.03 Å². The second-order valence-corrected chi connectivity index (χ2v) is 5.90. The molecule has 116 valence electrons. The van der Waals surface area contributed by atoms with E-state index in [1.54, 1.807) is 36.2 Å². The number of rotatable bonds is 5. The molecule has 2 rings (SSSR count). The lowest BCUT2D eigenvalue weighted by Crippen LogP contribution is -2.36. The van der Waals surface area contributed by atoms with Crippen molar-refractivity contribution >= 4 is 23.3 Å². The normalized spacial score (nSPS) is 10.3. The van der Waals surface area contributed by atoms with Gasteiger partial charge in [0.1, 0.15) is 5.01 Å². The molecule has 0 spiro atoms. The average Bonchev–Trinajstić information content (AvgIpc) is 2.91. The minimum absolute atomic E-state index is 0.174. The number of primary amides is 1. The molecule has 0 aliphatic heterocycles. The molecule has 0 unspecified atom stereocenters. The molecule has 0 saturated heterocycles. The Hall–Kier alpha value is -2.41. The number of nitrogens with zero attached hydrogens (tertiary/aromatic N) is 2. The Morgan fingerprint density at radius 1 is 1.32 bits per heavy atom. The number of nitrogens with two attached hydrogens (primary N) is 1. The van der Waals surface area contributed by atoms with Crippen LogP contribution in [-0.4, -0.2) is 28.9 Å². The predicted octanol–water partition coefficient (Wildman–Crippen LogP) is 1.89. The van der Waals surface area contributed by atoms with E-state index in [0.717, 1.165) is 16.3 Å². The van der Waals surface area contributed by atoms with Crippen LogP contribution in [0.2, 0.25) is 0 Å².